The van der Waals surface area contributed by atoms with Crippen molar-refractivity contribution in [2.45, 2.75) is 24.8 Å². The largest absolute Gasteiger partial charge is 0.467 e. The summed E-state index contributed by atoms with van der Waals surface area (Å²) >= 11 is 0. The summed E-state index contributed by atoms with van der Waals surface area (Å²) in [7, 11) is -2.68. The van der Waals surface area contributed by atoms with Crippen molar-refractivity contribution in [1.82, 2.24) is 10.0 Å². The second-order valence-corrected chi connectivity index (χ2v) is 6.61. The molecule has 1 rings (SSSR count). The summed E-state index contributed by atoms with van der Waals surface area (Å²) in [4.78, 5) is 23.2. The molecule has 23 heavy (non-hydrogen) atoms. The first-order valence-corrected chi connectivity index (χ1v) is 8.47. The quantitative estimate of drug-likeness (QED) is 0.528. The Kier molecular flexibility index (Phi) is 7.14. The highest BCUT2D eigenvalue weighted by molar-refractivity contribution is 7.88. The van der Waals surface area contributed by atoms with Gasteiger partial charge in [-0.2, -0.15) is 0 Å². The maximum Gasteiger partial charge on any atom is 0.328 e. The van der Waals surface area contributed by atoms with E-state index in [1.165, 1.54) is 6.92 Å². The fourth-order valence-electron chi connectivity index (χ4n) is 1.78. The standard InChI is InChI=1S/C14H20N2O6S/c1-10(14(19)22-2)15-13(18)12(8-17)16-23(20,21)9-11-6-4-3-5-7-11/h3-7,10,12,16-17H,8-9H2,1-2H3,(H,15,18)/t10-,12+/m0/s1. The van der Waals surface area contributed by atoms with Crippen LogP contribution in [0.2, 0.25) is 0 Å². The van der Waals surface area contributed by atoms with Crippen molar-refractivity contribution < 1.29 is 27.9 Å². The number of benzene rings is 1. The van der Waals surface area contributed by atoms with Crippen LogP contribution in [0.4, 0.5) is 0 Å². The molecule has 0 radical (unpaired) electrons. The number of rotatable bonds is 8. The zero-order valence-electron chi connectivity index (χ0n) is 12.9. The average Bonchev–Trinajstić information content (AvgIpc) is 2.52. The third-order valence-electron chi connectivity index (χ3n) is 2.93. The summed E-state index contributed by atoms with van der Waals surface area (Å²) in [6, 6.07) is 6.05. The normalized spacial score (nSPS) is 13.9. The maximum absolute atomic E-state index is 12.1. The number of aliphatic hydroxyl groups is 1. The van der Waals surface area contributed by atoms with Crippen molar-refractivity contribution in [1.29, 1.82) is 0 Å². The van der Waals surface area contributed by atoms with Gasteiger partial charge in [-0.25, -0.2) is 17.9 Å². The maximum atomic E-state index is 12.1. The Balaban J connectivity index is 2.70. The zero-order chi connectivity index (χ0) is 17.5. The Morgan fingerprint density at radius 2 is 1.87 bits per heavy atom. The summed E-state index contributed by atoms with van der Waals surface area (Å²) < 4.78 is 30.7. The molecule has 1 aromatic carbocycles. The minimum Gasteiger partial charge on any atom is -0.467 e. The molecule has 0 aliphatic rings. The first-order chi connectivity index (χ1) is 10.8. The SMILES string of the molecule is COC(=O)[C@H](C)NC(=O)[C@@H](CO)NS(=O)(=O)Cc1ccccc1. The highest BCUT2D eigenvalue weighted by Gasteiger charge is 2.26. The van der Waals surface area contributed by atoms with Gasteiger partial charge in [0.25, 0.3) is 0 Å². The minimum atomic E-state index is -3.84. The lowest BCUT2D eigenvalue weighted by molar-refractivity contribution is -0.144. The van der Waals surface area contributed by atoms with Gasteiger partial charge in [0, 0.05) is 0 Å². The Morgan fingerprint density at radius 3 is 2.39 bits per heavy atom. The molecule has 0 spiro atoms. The van der Waals surface area contributed by atoms with E-state index in [2.05, 4.69) is 14.8 Å². The molecule has 3 N–H and O–H groups in total. The lowest BCUT2D eigenvalue weighted by Crippen LogP contribution is -2.52. The fourth-order valence-corrected chi connectivity index (χ4v) is 3.11. The first-order valence-electron chi connectivity index (χ1n) is 6.82. The van der Waals surface area contributed by atoms with Gasteiger partial charge in [-0.3, -0.25) is 4.79 Å². The number of carbonyl (C=O) groups excluding carboxylic acids is 2. The second-order valence-electron chi connectivity index (χ2n) is 4.85. The van der Waals surface area contributed by atoms with E-state index < -0.39 is 40.6 Å². The van der Waals surface area contributed by atoms with Gasteiger partial charge in [-0.1, -0.05) is 30.3 Å². The number of ether oxygens (including phenoxy) is 1. The average molecular weight is 344 g/mol. The summed E-state index contributed by atoms with van der Waals surface area (Å²) in [5.74, 6) is -1.83. The molecule has 0 saturated carbocycles. The van der Waals surface area contributed by atoms with E-state index >= 15 is 0 Å². The van der Waals surface area contributed by atoms with Crippen LogP contribution in [0.25, 0.3) is 0 Å². The van der Waals surface area contributed by atoms with Crippen molar-refractivity contribution in [2.24, 2.45) is 0 Å². The van der Waals surface area contributed by atoms with Crippen LogP contribution in [0, 0.1) is 0 Å². The van der Waals surface area contributed by atoms with E-state index in [1.54, 1.807) is 30.3 Å². The van der Waals surface area contributed by atoms with Crippen LogP contribution >= 0.6 is 0 Å². The molecule has 0 aliphatic carbocycles. The van der Waals surface area contributed by atoms with Crippen LogP contribution in [0.1, 0.15) is 12.5 Å². The van der Waals surface area contributed by atoms with Crippen LogP contribution in [-0.2, 0) is 30.1 Å². The lowest BCUT2D eigenvalue weighted by atomic mass is 10.2. The van der Waals surface area contributed by atoms with Crippen LogP contribution in [-0.4, -0.2) is 51.2 Å². The molecule has 0 heterocycles. The molecule has 0 aliphatic heterocycles. The first kappa shape index (κ1) is 19.1. The summed E-state index contributed by atoms with van der Waals surface area (Å²) in [6.45, 7) is 0.643. The molecule has 0 fully saturated rings. The number of methoxy groups -OCH3 is 1. The molecule has 9 heteroatoms. The van der Waals surface area contributed by atoms with Gasteiger partial charge >= 0.3 is 5.97 Å². The molecule has 0 bridgehead atoms. The third kappa shape index (κ3) is 6.35. The molecule has 1 aromatic rings. The van der Waals surface area contributed by atoms with E-state index in [-0.39, 0.29) is 5.75 Å². The topological polar surface area (TPSA) is 122 Å². The second kappa shape index (κ2) is 8.61. The third-order valence-corrected chi connectivity index (χ3v) is 4.29. The van der Waals surface area contributed by atoms with Crippen molar-refractivity contribution >= 4 is 21.9 Å². The Bertz CT molecular complexity index is 632. The van der Waals surface area contributed by atoms with Gasteiger partial charge in [0.2, 0.25) is 15.9 Å². The van der Waals surface area contributed by atoms with E-state index in [9.17, 15) is 23.1 Å². The number of sulfonamides is 1. The number of carbonyl (C=O) groups is 2. The number of esters is 1. The highest BCUT2D eigenvalue weighted by atomic mass is 32.2. The lowest BCUT2D eigenvalue weighted by Gasteiger charge is -2.18. The summed E-state index contributed by atoms with van der Waals surface area (Å²) in [5, 5.41) is 11.5. The zero-order valence-corrected chi connectivity index (χ0v) is 13.7. The molecule has 1 amide bonds. The molecule has 2 atom stereocenters. The van der Waals surface area contributed by atoms with Gasteiger partial charge in [0.05, 0.1) is 19.5 Å². The fraction of sp³-hybridized carbons (Fsp3) is 0.429. The molecular weight excluding hydrogens is 324 g/mol. The van der Waals surface area contributed by atoms with Gasteiger partial charge in [0.15, 0.2) is 0 Å². The molecule has 0 aromatic heterocycles. The van der Waals surface area contributed by atoms with Crippen LogP contribution in [0.3, 0.4) is 0 Å². The van der Waals surface area contributed by atoms with Gasteiger partial charge in [-0.05, 0) is 12.5 Å². The Morgan fingerprint density at radius 1 is 1.26 bits per heavy atom. The number of hydrogen-bond donors (Lipinski definition) is 3. The molecule has 0 unspecified atom stereocenters. The molecule has 0 saturated heterocycles. The van der Waals surface area contributed by atoms with Crippen molar-refractivity contribution in [2.75, 3.05) is 13.7 Å². The van der Waals surface area contributed by atoms with E-state index in [1.807, 2.05) is 0 Å². The predicted molar refractivity (Wildman–Crippen MR) is 82.7 cm³/mol. The van der Waals surface area contributed by atoms with Crippen molar-refractivity contribution in [3.63, 3.8) is 0 Å². The van der Waals surface area contributed by atoms with E-state index in [4.69, 9.17) is 0 Å². The minimum absolute atomic E-state index is 0.329. The molecule has 128 valence electrons. The summed E-state index contributed by atoms with van der Waals surface area (Å²) in [6.07, 6.45) is 0. The number of amides is 1. The van der Waals surface area contributed by atoms with Gasteiger partial charge in [0.1, 0.15) is 12.1 Å². The number of hydrogen-bond acceptors (Lipinski definition) is 6. The van der Waals surface area contributed by atoms with E-state index in [0.717, 1.165) is 7.11 Å². The van der Waals surface area contributed by atoms with Crippen LogP contribution in [0.5, 0.6) is 0 Å². The highest BCUT2D eigenvalue weighted by Crippen LogP contribution is 2.05. The molecule has 8 nitrogen and oxygen atoms in total. The van der Waals surface area contributed by atoms with Crippen molar-refractivity contribution in [3.8, 4) is 0 Å². The van der Waals surface area contributed by atoms with Gasteiger partial charge in [-0.15, -0.1) is 0 Å². The van der Waals surface area contributed by atoms with Crippen molar-refractivity contribution in [3.05, 3.63) is 35.9 Å². The smallest absolute Gasteiger partial charge is 0.328 e. The Labute approximate surface area is 134 Å². The number of nitrogens with one attached hydrogen (secondary N) is 2. The van der Waals surface area contributed by atoms with E-state index in [0.29, 0.717) is 5.56 Å². The molecular formula is C14H20N2O6S. The summed E-state index contributed by atoms with van der Waals surface area (Å²) in [5.41, 5.74) is 0.542. The predicted octanol–water partition coefficient (Wildman–Crippen LogP) is -0.855. The monoisotopic (exact) mass is 344 g/mol. The van der Waals surface area contributed by atoms with Gasteiger partial charge < -0.3 is 15.2 Å². The Hall–Kier alpha value is -1.97. The number of aliphatic hydroxyl groups excluding tert-OH is 1. The van der Waals surface area contributed by atoms with Crippen LogP contribution < -0.4 is 10.0 Å². The van der Waals surface area contributed by atoms with Crippen LogP contribution in [0.15, 0.2) is 30.3 Å².